The van der Waals surface area contributed by atoms with Crippen molar-refractivity contribution < 1.29 is 4.74 Å². The lowest BCUT2D eigenvalue weighted by atomic mass is 10.0. The maximum atomic E-state index is 5.84. The van der Waals surface area contributed by atoms with Crippen molar-refractivity contribution in [2.75, 3.05) is 39.1 Å². The van der Waals surface area contributed by atoms with Gasteiger partial charge in [-0.05, 0) is 6.92 Å². The van der Waals surface area contributed by atoms with Crippen LogP contribution in [-0.4, -0.2) is 54.8 Å². The molecule has 2 unspecified atom stereocenters. The third-order valence-corrected chi connectivity index (χ3v) is 4.04. The molecule has 1 saturated heterocycles. The lowest BCUT2D eigenvalue weighted by Gasteiger charge is -2.43. The van der Waals surface area contributed by atoms with E-state index in [1.807, 2.05) is 11.8 Å². The Bertz CT molecular complexity index is 180. The van der Waals surface area contributed by atoms with E-state index in [1.54, 1.807) is 7.11 Å². The molecule has 3 nitrogen and oxygen atoms in total. The molecule has 0 aromatic heterocycles. The average Bonchev–Trinajstić information content (AvgIpc) is 2.18. The highest BCUT2D eigenvalue weighted by Crippen LogP contribution is 2.24. The summed E-state index contributed by atoms with van der Waals surface area (Å²) in [4.78, 5) is 2.47. The fraction of sp³-hybridized carbons (Fsp3) is 1.00. The molecule has 2 atom stereocenters. The molecule has 0 aromatic rings. The van der Waals surface area contributed by atoms with Crippen LogP contribution in [-0.2, 0) is 4.74 Å². The lowest BCUT2D eigenvalue weighted by molar-refractivity contribution is 0.0297. The van der Waals surface area contributed by atoms with Crippen molar-refractivity contribution >= 4 is 11.8 Å². The molecule has 1 fully saturated rings. The van der Waals surface area contributed by atoms with Crippen molar-refractivity contribution in [1.29, 1.82) is 0 Å². The van der Waals surface area contributed by atoms with Gasteiger partial charge in [-0.2, -0.15) is 11.8 Å². The van der Waals surface area contributed by atoms with E-state index in [4.69, 9.17) is 10.5 Å². The quantitative estimate of drug-likeness (QED) is 0.757. The maximum Gasteiger partial charge on any atom is 0.0656 e. The minimum absolute atomic E-state index is 0.0178. The number of hydrogen-bond acceptors (Lipinski definition) is 4. The van der Waals surface area contributed by atoms with Crippen molar-refractivity contribution in [1.82, 2.24) is 4.90 Å². The van der Waals surface area contributed by atoms with Crippen LogP contribution in [0.3, 0.4) is 0 Å². The number of thioether (sulfide) groups is 1. The zero-order valence-electron chi connectivity index (χ0n) is 9.45. The normalized spacial score (nSPS) is 28.7. The van der Waals surface area contributed by atoms with Crippen LogP contribution in [0.15, 0.2) is 0 Å². The zero-order chi connectivity index (χ0) is 10.6. The van der Waals surface area contributed by atoms with Gasteiger partial charge in [0.05, 0.1) is 12.1 Å². The molecule has 14 heavy (non-hydrogen) atoms. The van der Waals surface area contributed by atoms with Gasteiger partial charge in [0.2, 0.25) is 0 Å². The van der Waals surface area contributed by atoms with Crippen LogP contribution >= 0.6 is 11.8 Å². The van der Waals surface area contributed by atoms with Gasteiger partial charge < -0.3 is 10.5 Å². The summed E-state index contributed by atoms with van der Waals surface area (Å²) in [5.74, 6) is 1.21. The number of nitrogens with two attached hydrogens (primary N) is 1. The number of methoxy groups -OCH3 is 1. The predicted octanol–water partition coefficient (Wildman–Crippen LogP) is 0.788. The molecule has 2 N–H and O–H groups in total. The van der Waals surface area contributed by atoms with Gasteiger partial charge in [-0.1, -0.05) is 6.92 Å². The Morgan fingerprint density at radius 3 is 2.86 bits per heavy atom. The van der Waals surface area contributed by atoms with Gasteiger partial charge in [0.15, 0.2) is 0 Å². The van der Waals surface area contributed by atoms with Gasteiger partial charge >= 0.3 is 0 Å². The van der Waals surface area contributed by atoms with Crippen LogP contribution in [0.4, 0.5) is 0 Å². The second-order valence-electron chi connectivity index (χ2n) is 4.26. The zero-order valence-corrected chi connectivity index (χ0v) is 10.3. The summed E-state index contributed by atoms with van der Waals surface area (Å²) in [5, 5.41) is 0.714. The third kappa shape index (κ3) is 2.86. The molecular weight excluding hydrogens is 196 g/mol. The standard InChI is InChI=1S/C10H22N2OS/c1-9-6-12(4-5-14-9)10(2,7-11)8-13-3/h9H,4-8,11H2,1-3H3. The average molecular weight is 218 g/mol. The lowest BCUT2D eigenvalue weighted by Crippen LogP contribution is -2.58. The van der Waals surface area contributed by atoms with E-state index >= 15 is 0 Å². The Hall–Kier alpha value is 0.230. The third-order valence-electron chi connectivity index (χ3n) is 2.90. The van der Waals surface area contributed by atoms with E-state index in [-0.39, 0.29) is 5.54 Å². The molecule has 1 aliphatic rings. The first-order chi connectivity index (χ1) is 6.62. The van der Waals surface area contributed by atoms with Crippen LogP contribution in [0, 0.1) is 0 Å². The summed E-state index contributed by atoms with van der Waals surface area (Å²) in [5.41, 5.74) is 5.86. The van der Waals surface area contributed by atoms with Gasteiger partial charge in [-0.15, -0.1) is 0 Å². The largest absolute Gasteiger partial charge is 0.383 e. The summed E-state index contributed by atoms with van der Waals surface area (Å²) in [6, 6.07) is 0. The second kappa shape index (κ2) is 5.35. The summed E-state index contributed by atoms with van der Waals surface area (Å²) >= 11 is 2.04. The van der Waals surface area contributed by atoms with Crippen molar-refractivity contribution in [2.24, 2.45) is 5.73 Å². The highest BCUT2D eigenvalue weighted by Gasteiger charge is 2.33. The van der Waals surface area contributed by atoms with Crippen LogP contribution in [0.5, 0.6) is 0 Å². The highest BCUT2D eigenvalue weighted by atomic mass is 32.2. The predicted molar refractivity (Wildman–Crippen MR) is 62.8 cm³/mol. The van der Waals surface area contributed by atoms with Crippen molar-refractivity contribution in [3.63, 3.8) is 0 Å². The van der Waals surface area contributed by atoms with Crippen molar-refractivity contribution in [2.45, 2.75) is 24.6 Å². The van der Waals surface area contributed by atoms with E-state index in [0.717, 1.165) is 19.7 Å². The summed E-state index contributed by atoms with van der Waals surface area (Å²) in [7, 11) is 1.75. The Labute approximate surface area is 91.4 Å². The molecule has 84 valence electrons. The Kier molecular flexibility index (Phi) is 4.70. The first kappa shape index (κ1) is 12.3. The summed E-state index contributed by atoms with van der Waals surface area (Å²) in [6.07, 6.45) is 0. The second-order valence-corrected chi connectivity index (χ2v) is 5.81. The fourth-order valence-corrected chi connectivity index (χ4v) is 2.91. The molecular formula is C10H22N2OS. The molecule has 0 bridgehead atoms. The Morgan fingerprint density at radius 1 is 1.64 bits per heavy atom. The molecule has 0 saturated carbocycles. The highest BCUT2D eigenvalue weighted by molar-refractivity contribution is 7.99. The molecule has 0 spiro atoms. The van der Waals surface area contributed by atoms with Crippen LogP contribution in [0.1, 0.15) is 13.8 Å². The topological polar surface area (TPSA) is 38.5 Å². The molecule has 0 aliphatic carbocycles. The fourth-order valence-electron chi connectivity index (χ4n) is 1.90. The van der Waals surface area contributed by atoms with Gasteiger partial charge in [0, 0.05) is 37.7 Å². The number of nitrogens with zero attached hydrogens (tertiary/aromatic N) is 1. The monoisotopic (exact) mass is 218 g/mol. The van der Waals surface area contributed by atoms with Gasteiger partial charge in [0.25, 0.3) is 0 Å². The number of rotatable bonds is 4. The van der Waals surface area contributed by atoms with E-state index in [0.29, 0.717) is 11.8 Å². The van der Waals surface area contributed by atoms with E-state index in [2.05, 4.69) is 18.7 Å². The Morgan fingerprint density at radius 2 is 2.36 bits per heavy atom. The summed E-state index contributed by atoms with van der Waals surface area (Å²) in [6.45, 7) is 8.12. The molecule has 1 aliphatic heterocycles. The van der Waals surface area contributed by atoms with Crippen LogP contribution in [0.25, 0.3) is 0 Å². The van der Waals surface area contributed by atoms with E-state index < -0.39 is 0 Å². The summed E-state index contributed by atoms with van der Waals surface area (Å²) < 4.78 is 5.26. The molecule has 0 aromatic carbocycles. The van der Waals surface area contributed by atoms with E-state index in [1.165, 1.54) is 5.75 Å². The maximum absolute atomic E-state index is 5.84. The van der Waals surface area contributed by atoms with Crippen molar-refractivity contribution in [3.8, 4) is 0 Å². The number of ether oxygens (including phenoxy) is 1. The molecule has 0 amide bonds. The van der Waals surface area contributed by atoms with E-state index in [9.17, 15) is 0 Å². The minimum Gasteiger partial charge on any atom is -0.383 e. The minimum atomic E-state index is 0.0178. The van der Waals surface area contributed by atoms with Crippen LogP contribution in [0.2, 0.25) is 0 Å². The molecule has 0 radical (unpaired) electrons. The van der Waals surface area contributed by atoms with Crippen LogP contribution < -0.4 is 5.73 Å². The molecule has 1 heterocycles. The SMILES string of the molecule is COCC(C)(CN)N1CCSC(C)C1. The van der Waals surface area contributed by atoms with Crippen molar-refractivity contribution in [3.05, 3.63) is 0 Å². The Balaban J connectivity index is 2.58. The smallest absolute Gasteiger partial charge is 0.0656 e. The number of hydrogen-bond donors (Lipinski definition) is 1. The first-order valence-corrected chi connectivity index (χ1v) is 6.23. The molecule has 4 heteroatoms. The van der Waals surface area contributed by atoms with Gasteiger partial charge in [-0.3, -0.25) is 4.90 Å². The van der Waals surface area contributed by atoms with Gasteiger partial charge in [-0.25, -0.2) is 0 Å². The van der Waals surface area contributed by atoms with Gasteiger partial charge in [0.1, 0.15) is 0 Å². The molecule has 1 rings (SSSR count). The first-order valence-electron chi connectivity index (χ1n) is 5.18.